The minimum atomic E-state index is -5.07. The smallest absolute Gasteiger partial charge is 0.471 e. The van der Waals surface area contributed by atoms with Gasteiger partial charge in [0.15, 0.2) is 0 Å². The highest BCUT2D eigenvalue weighted by atomic mass is 19.4. The number of hydrogen-bond acceptors (Lipinski definition) is 6. The van der Waals surface area contributed by atoms with Crippen molar-refractivity contribution in [3.63, 3.8) is 0 Å². The first-order valence-electron chi connectivity index (χ1n) is 13.0. The van der Waals surface area contributed by atoms with Crippen molar-refractivity contribution in [3.05, 3.63) is 89.5 Å². The van der Waals surface area contributed by atoms with Gasteiger partial charge in [-0.3, -0.25) is 9.59 Å². The first kappa shape index (κ1) is 30.2. The Morgan fingerprint density at radius 1 is 0.976 bits per heavy atom. The summed E-state index contributed by atoms with van der Waals surface area (Å²) >= 11 is 0. The van der Waals surface area contributed by atoms with E-state index in [0.29, 0.717) is 27.5 Å². The molecule has 42 heavy (non-hydrogen) atoms. The van der Waals surface area contributed by atoms with Gasteiger partial charge in [0.2, 0.25) is 5.91 Å². The molecule has 4 rings (SSSR count). The fraction of sp³-hybridized carbons (Fsp3) is 0.300. The number of rotatable bonds is 10. The largest absolute Gasteiger partial charge is 0.497 e. The van der Waals surface area contributed by atoms with E-state index in [9.17, 15) is 27.6 Å². The Morgan fingerprint density at radius 2 is 1.69 bits per heavy atom. The van der Waals surface area contributed by atoms with Crippen molar-refractivity contribution in [1.29, 1.82) is 0 Å². The van der Waals surface area contributed by atoms with Crippen molar-refractivity contribution in [1.82, 2.24) is 10.6 Å². The summed E-state index contributed by atoms with van der Waals surface area (Å²) in [7, 11) is 2.98. The van der Waals surface area contributed by atoms with E-state index in [1.165, 1.54) is 26.4 Å². The van der Waals surface area contributed by atoms with E-state index in [1.54, 1.807) is 54.6 Å². The van der Waals surface area contributed by atoms with Crippen molar-refractivity contribution in [2.45, 2.75) is 37.7 Å². The van der Waals surface area contributed by atoms with Gasteiger partial charge in [-0.15, -0.1) is 0 Å². The molecular formula is C30H30F3N3O6. The number of alkyl halides is 3. The number of carbonyl (C=O) groups is 3. The molecule has 2 N–H and O–H groups in total. The molecule has 12 heteroatoms. The van der Waals surface area contributed by atoms with Crippen LogP contribution in [-0.2, 0) is 27.5 Å². The van der Waals surface area contributed by atoms with Crippen molar-refractivity contribution in [2.24, 2.45) is 0 Å². The van der Waals surface area contributed by atoms with Crippen molar-refractivity contribution in [3.8, 4) is 11.5 Å². The lowest BCUT2D eigenvalue weighted by Gasteiger charge is -2.23. The second-order valence-corrected chi connectivity index (χ2v) is 9.56. The Balaban J connectivity index is 1.53. The number of halogens is 3. The number of carbonyl (C=O) groups excluding carboxylic acids is 3. The number of nitrogens with zero attached hydrogens (tertiary/aromatic N) is 1. The fourth-order valence-corrected chi connectivity index (χ4v) is 4.77. The molecule has 0 saturated heterocycles. The van der Waals surface area contributed by atoms with Crippen LogP contribution in [0.25, 0.3) is 0 Å². The molecule has 0 radical (unpaired) electrons. The predicted octanol–water partition coefficient (Wildman–Crippen LogP) is 4.70. The molecule has 9 nitrogen and oxygen atoms in total. The third-order valence-corrected chi connectivity index (χ3v) is 6.85. The van der Waals surface area contributed by atoms with Gasteiger partial charge >= 0.3 is 18.2 Å². The molecule has 1 unspecified atom stereocenters. The molecule has 0 fully saturated rings. The quantitative estimate of drug-likeness (QED) is 0.358. The van der Waals surface area contributed by atoms with Crippen LogP contribution in [0.2, 0.25) is 0 Å². The van der Waals surface area contributed by atoms with Crippen LogP contribution in [0, 0.1) is 0 Å². The normalized spacial score (nSPS) is 14.9. The van der Waals surface area contributed by atoms with Gasteiger partial charge in [-0.25, -0.2) is 4.79 Å². The summed E-state index contributed by atoms with van der Waals surface area (Å²) in [6.07, 6.45) is -6.05. The minimum Gasteiger partial charge on any atom is -0.497 e. The van der Waals surface area contributed by atoms with Crippen molar-refractivity contribution >= 4 is 23.6 Å². The van der Waals surface area contributed by atoms with E-state index in [4.69, 9.17) is 14.2 Å². The van der Waals surface area contributed by atoms with Crippen molar-refractivity contribution < 1.29 is 41.8 Å². The zero-order valence-corrected chi connectivity index (χ0v) is 22.9. The Kier molecular flexibility index (Phi) is 9.56. The maximum atomic E-state index is 13.4. The Hall–Kier alpha value is -4.74. The number of alkyl carbamates (subject to hydrolysis) is 1. The van der Waals surface area contributed by atoms with E-state index >= 15 is 0 Å². The number of fused-ring (bicyclic) bond motifs is 1. The number of anilines is 1. The van der Waals surface area contributed by atoms with Crippen LogP contribution in [0.3, 0.4) is 0 Å². The molecule has 3 aromatic carbocycles. The van der Waals surface area contributed by atoms with Crippen LogP contribution in [0.5, 0.6) is 11.5 Å². The van der Waals surface area contributed by atoms with Gasteiger partial charge in [0.05, 0.1) is 14.2 Å². The molecular weight excluding hydrogens is 555 g/mol. The van der Waals surface area contributed by atoms with Gasteiger partial charge in [-0.2, -0.15) is 13.2 Å². The highest BCUT2D eigenvalue weighted by Gasteiger charge is 2.47. The van der Waals surface area contributed by atoms with Gasteiger partial charge in [-0.05, 0) is 35.7 Å². The second kappa shape index (κ2) is 13.3. The van der Waals surface area contributed by atoms with Crippen LogP contribution in [0.15, 0.2) is 72.8 Å². The lowest BCUT2D eigenvalue weighted by atomic mass is 9.93. The molecule has 2 atom stereocenters. The molecule has 3 amide bonds. The number of ether oxygens (including phenoxy) is 3. The third kappa shape index (κ3) is 7.31. The molecule has 3 aromatic rings. The summed E-state index contributed by atoms with van der Waals surface area (Å²) < 4.78 is 55.9. The second-order valence-electron chi connectivity index (χ2n) is 9.56. The monoisotopic (exact) mass is 585 g/mol. The number of para-hydroxylation sites is 1. The van der Waals surface area contributed by atoms with Gasteiger partial charge in [0, 0.05) is 36.3 Å². The van der Waals surface area contributed by atoms with E-state index in [2.05, 4.69) is 10.6 Å². The van der Waals surface area contributed by atoms with Gasteiger partial charge < -0.3 is 29.7 Å². The van der Waals surface area contributed by atoms with E-state index in [1.807, 2.05) is 6.07 Å². The van der Waals surface area contributed by atoms with Gasteiger partial charge in [0.1, 0.15) is 24.1 Å². The highest BCUT2D eigenvalue weighted by Crippen LogP contribution is 2.40. The molecule has 1 aliphatic rings. The number of methoxy groups -OCH3 is 2. The van der Waals surface area contributed by atoms with Crippen LogP contribution >= 0.6 is 0 Å². The summed E-state index contributed by atoms with van der Waals surface area (Å²) in [5, 5.41) is 5.31. The van der Waals surface area contributed by atoms with E-state index in [0.717, 1.165) is 5.56 Å². The fourth-order valence-electron chi connectivity index (χ4n) is 4.77. The Labute approximate surface area is 240 Å². The van der Waals surface area contributed by atoms with Gasteiger partial charge in [-0.1, -0.05) is 48.5 Å². The molecule has 0 saturated carbocycles. The SMILES string of the molecule is COc1ccc(CNC(=O)[C@H](CC2CN(C(=O)C(F)(F)F)c3ccccc32)NC(=O)OCc2ccccc2)c(OC)c1. The molecule has 0 bridgehead atoms. The van der Waals surface area contributed by atoms with Crippen LogP contribution in [-0.4, -0.2) is 50.9 Å². The maximum Gasteiger partial charge on any atom is 0.471 e. The third-order valence-electron chi connectivity index (χ3n) is 6.85. The molecule has 0 aromatic heterocycles. The summed E-state index contributed by atoms with van der Waals surface area (Å²) in [6, 6.07) is 19.0. The average molecular weight is 586 g/mol. The lowest BCUT2D eigenvalue weighted by molar-refractivity contribution is -0.170. The zero-order chi connectivity index (χ0) is 30.3. The Morgan fingerprint density at radius 3 is 2.38 bits per heavy atom. The molecule has 0 spiro atoms. The first-order chi connectivity index (χ1) is 20.1. The summed E-state index contributed by atoms with van der Waals surface area (Å²) in [6.45, 7) is -0.331. The van der Waals surface area contributed by atoms with Crippen LogP contribution in [0.1, 0.15) is 29.0 Å². The average Bonchev–Trinajstić information content (AvgIpc) is 3.36. The van der Waals surface area contributed by atoms with E-state index in [-0.39, 0.29) is 31.8 Å². The molecule has 1 aliphatic heterocycles. The van der Waals surface area contributed by atoms with Gasteiger partial charge in [0.25, 0.3) is 0 Å². The lowest BCUT2D eigenvalue weighted by Crippen LogP contribution is -2.48. The summed E-state index contributed by atoms with van der Waals surface area (Å²) in [5.41, 5.74) is 1.93. The number of nitrogens with one attached hydrogen (secondary N) is 2. The summed E-state index contributed by atoms with van der Waals surface area (Å²) in [5.74, 6) is -2.25. The van der Waals surface area contributed by atoms with E-state index < -0.39 is 36.0 Å². The molecule has 0 aliphatic carbocycles. The zero-order valence-electron chi connectivity index (χ0n) is 22.9. The van der Waals surface area contributed by atoms with Crippen molar-refractivity contribution in [2.75, 3.05) is 25.7 Å². The summed E-state index contributed by atoms with van der Waals surface area (Å²) in [4.78, 5) is 39.0. The Bertz CT molecular complexity index is 1420. The first-order valence-corrected chi connectivity index (χ1v) is 13.0. The predicted molar refractivity (Wildman–Crippen MR) is 147 cm³/mol. The van der Waals surface area contributed by atoms with Crippen LogP contribution < -0.4 is 25.0 Å². The minimum absolute atomic E-state index is 0.0309. The number of amides is 3. The highest BCUT2D eigenvalue weighted by molar-refractivity contribution is 5.99. The standard InChI is InChI=1S/C30H30F3N3O6/c1-40-22-13-12-20(26(15-22)41-2)16-34-27(37)24(35-29(39)42-18-19-8-4-3-5-9-19)14-21-17-36(28(38)30(31,32)33)25-11-7-6-10-23(21)25/h3-13,15,21,24H,14,16-18H2,1-2H3,(H,34,37)(H,35,39)/t21?,24-/m0/s1. The maximum absolute atomic E-state index is 13.4. The molecule has 222 valence electrons. The topological polar surface area (TPSA) is 106 Å². The number of hydrogen-bond donors (Lipinski definition) is 2. The van der Waals surface area contributed by atoms with Crippen LogP contribution in [0.4, 0.5) is 23.7 Å². The molecule has 1 heterocycles. The number of benzene rings is 3.